The van der Waals surface area contributed by atoms with E-state index < -0.39 is 0 Å². The maximum Gasteiger partial charge on any atom is 0.233 e. The molecule has 4 nitrogen and oxygen atoms in total. The number of aromatic nitrogens is 2. The van der Waals surface area contributed by atoms with Crippen LogP contribution in [0.25, 0.3) is 0 Å². The summed E-state index contributed by atoms with van der Waals surface area (Å²) in [6.07, 6.45) is 2.08. The van der Waals surface area contributed by atoms with Crippen LogP contribution in [0.2, 0.25) is 5.02 Å². The van der Waals surface area contributed by atoms with Crippen molar-refractivity contribution in [2.24, 2.45) is 0 Å². The molecule has 1 heterocycles. The highest BCUT2D eigenvalue weighted by Crippen LogP contribution is 2.23. The maximum absolute atomic E-state index is 13.7. The molecular weight excluding hydrogens is 293 g/mol. The van der Waals surface area contributed by atoms with Gasteiger partial charge in [-0.15, -0.1) is 10.2 Å². The molecular formula is C15H19ClFN3O. The first kappa shape index (κ1) is 15.9. The molecule has 1 atom stereocenters. The van der Waals surface area contributed by atoms with E-state index in [1.165, 1.54) is 6.07 Å². The monoisotopic (exact) mass is 311 g/mol. The third-order valence-corrected chi connectivity index (χ3v) is 3.57. The van der Waals surface area contributed by atoms with E-state index in [1.807, 2.05) is 6.92 Å². The van der Waals surface area contributed by atoms with Crippen molar-refractivity contribution in [3.63, 3.8) is 0 Å². The summed E-state index contributed by atoms with van der Waals surface area (Å²) in [7, 11) is 0. The Balaban J connectivity index is 2.12. The average Bonchev–Trinajstić information content (AvgIpc) is 2.92. The van der Waals surface area contributed by atoms with Crippen molar-refractivity contribution < 1.29 is 8.81 Å². The number of nitrogens with zero attached hydrogens (tertiary/aromatic N) is 2. The third-order valence-electron chi connectivity index (χ3n) is 3.22. The highest BCUT2D eigenvalue weighted by molar-refractivity contribution is 6.31. The molecule has 6 heteroatoms. The minimum absolute atomic E-state index is 0.0299. The lowest BCUT2D eigenvalue weighted by Crippen LogP contribution is -2.21. The van der Waals surface area contributed by atoms with Crippen LogP contribution < -0.4 is 5.32 Å². The minimum atomic E-state index is -0.363. The smallest absolute Gasteiger partial charge is 0.233 e. The molecule has 0 fully saturated rings. The number of rotatable bonds is 7. The molecule has 0 bridgehead atoms. The van der Waals surface area contributed by atoms with Gasteiger partial charge < -0.3 is 9.73 Å². The molecule has 0 aliphatic carbocycles. The predicted octanol–water partition coefficient (Wildman–Crippen LogP) is 3.90. The Bertz CT molecular complexity index is 568. The molecule has 1 aromatic heterocycles. The Kier molecular flexibility index (Phi) is 5.70. The fourth-order valence-electron chi connectivity index (χ4n) is 2.06. The van der Waals surface area contributed by atoms with Crippen LogP contribution in [0.5, 0.6) is 0 Å². The fraction of sp³-hybridized carbons (Fsp3) is 0.467. The van der Waals surface area contributed by atoms with Crippen LogP contribution in [-0.2, 0) is 6.42 Å². The predicted molar refractivity (Wildman–Crippen MR) is 79.8 cm³/mol. The van der Waals surface area contributed by atoms with Gasteiger partial charge in [-0.1, -0.05) is 31.5 Å². The van der Waals surface area contributed by atoms with Gasteiger partial charge in [0.2, 0.25) is 11.8 Å². The normalized spacial score (nSPS) is 12.6. The molecule has 0 spiro atoms. The summed E-state index contributed by atoms with van der Waals surface area (Å²) in [6.45, 7) is 5.03. The summed E-state index contributed by atoms with van der Waals surface area (Å²) < 4.78 is 19.4. The quantitative estimate of drug-likeness (QED) is 0.842. The molecule has 21 heavy (non-hydrogen) atoms. The lowest BCUT2D eigenvalue weighted by Gasteiger charge is -2.11. The molecule has 114 valence electrons. The summed E-state index contributed by atoms with van der Waals surface area (Å²) in [5.41, 5.74) is 0.379. The number of hydrogen-bond acceptors (Lipinski definition) is 4. The van der Waals surface area contributed by atoms with Crippen molar-refractivity contribution >= 4 is 11.6 Å². The SMILES string of the molecule is CCCNC(CC)c1nnc(Cc2c(F)cccc2Cl)o1. The summed E-state index contributed by atoms with van der Waals surface area (Å²) in [4.78, 5) is 0. The lowest BCUT2D eigenvalue weighted by molar-refractivity contribution is 0.375. The molecule has 0 saturated carbocycles. The number of benzene rings is 1. The van der Waals surface area contributed by atoms with E-state index in [2.05, 4.69) is 22.4 Å². The van der Waals surface area contributed by atoms with E-state index in [-0.39, 0.29) is 18.3 Å². The van der Waals surface area contributed by atoms with Crippen molar-refractivity contribution in [1.29, 1.82) is 0 Å². The van der Waals surface area contributed by atoms with E-state index in [0.29, 0.717) is 22.4 Å². The van der Waals surface area contributed by atoms with Crippen molar-refractivity contribution in [1.82, 2.24) is 15.5 Å². The Hall–Kier alpha value is -1.46. The molecule has 0 radical (unpaired) electrons. The average molecular weight is 312 g/mol. The largest absolute Gasteiger partial charge is 0.423 e. The van der Waals surface area contributed by atoms with E-state index in [4.69, 9.17) is 16.0 Å². The Morgan fingerprint density at radius 1 is 1.33 bits per heavy atom. The van der Waals surface area contributed by atoms with Crippen molar-refractivity contribution in [3.05, 3.63) is 46.4 Å². The van der Waals surface area contributed by atoms with E-state index in [9.17, 15) is 4.39 Å². The van der Waals surface area contributed by atoms with Gasteiger partial charge in [0.25, 0.3) is 0 Å². The van der Waals surface area contributed by atoms with Gasteiger partial charge >= 0.3 is 0 Å². The molecule has 0 aliphatic heterocycles. The number of halogens is 2. The van der Waals surface area contributed by atoms with Crippen LogP contribution in [0.15, 0.2) is 22.6 Å². The zero-order valence-corrected chi connectivity index (χ0v) is 13.0. The Labute approximate surface area is 128 Å². The first-order valence-electron chi connectivity index (χ1n) is 7.14. The second kappa shape index (κ2) is 7.52. The Morgan fingerprint density at radius 3 is 2.81 bits per heavy atom. The molecule has 1 unspecified atom stereocenters. The fourth-order valence-corrected chi connectivity index (χ4v) is 2.29. The van der Waals surface area contributed by atoms with Gasteiger partial charge in [0.15, 0.2) is 0 Å². The summed E-state index contributed by atoms with van der Waals surface area (Å²) >= 11 is 6.00. The number of hydrogen-bond donors (Lipinski definition) is 1. The Morgan fingerprint density at radius 2 is 2.14 bits per heavy atom. The van der Waals surface area contributed by atoms with Gasteiger partial charge in [0.1, 0.15) is 5.82 Å². The maximum atomic E-state index is 13.7. The van der Waals surface area contributed by atoms with Gasteiger partial charge in [-0.3, -0.25) is 0 Å². The van der Waals surface area contributed by atoms with Crippen molar-refractivity contribution in [2.45, 2.75) is 39.2 Å². The molecule has 2 aromatic rings. The highest BCUT2D eigenvalue weighted by atomic mass is 35.5. The van der Waals surface area contributed by atoms with E-state index >= 15 is 0 Å². The molecule has 0 amide bonds. The van der Waals surface area contributed by atoms with Crippen LogP contribution >= 0.6 is 11.6 Å². The first-order chi connectivity index (χ1) is 10.2. The van der Waals surface area contributed by atoms with E-state index in [1.54, 1.807) is 12.1 Å². The molecule has 1 N–H and O–H groups in total. The molecule has 0 saturated heterocycles. The van der Waals surface area contributed by atoms with Crippen molar-refractivity contribution in [2.75, 3.05) is 6.54 Å². The molecule has 0 aliphatic rings. The third kappa shape index (κ3) is 4.02. The standard InChI is InChI=1S/C15H19ClFN3O/c1-3-8-18-13(4-2)15-20-19-14(21-15)9-10-11(16)6-5-7-12(10)17/h5-7,13,18H,3-4,8-9H2,1-2H3. The topological polar surface area (TPSA) is 51.0 Å². The van der Waals surface area contributed by atoms with Gasteiger partial charge in [-0.05, 0) is 31.5 Å². The number of nitrogens with one attached hydrogen (secondary N) is 1. The van der Waals surface area contributed by atoms with Crippen molar-refractivity contribution in [3.8, 4) is 0 Å². The highest BCUT2D eigenvalue weighted by Gasteiger charge is 2.18. The summed E-state index contributed by atoms with van der Waals surface area (Å²) in [5.74, 6) is 0.542. The first-order valence-corrected chi connectivity index (χ1v) is 7.52. The van der Waals surface area contributed by atoms with Crippen LogP contribution in [0, 0.1) is 5.82 Å². The van der Waals surface area contributed by atoms with Gasteiger partial charge in [0, 0.05) is 10.6 Å². The van der Waals surface area contributed by atoms with Crippen LogP contribution in [0.4, 0.5) is 4.39 Å². The zero-order chi connectivity index (χ0) is 15.2. The summed E-state index contributed by atoms with van der Waals surface area (Å²) in [5, 5.41) is 11.7. The second-order valence-corrected chi connectivity index (χ2v) is 5.23. The summed E-state index contributed by atoms with van der Waals surface area (Å²) in [6, 6.07) is 4.62. The zero-order valence-electron chi connectivity index (χ0n) is 12.2. The van der Waals surface area contributed by atoms with Gasteiger partial charge in [-0.25, -0.2) is 4.39 Å². The molecule has 2 rings (SSSR count). The second-order valence-electron chi connectivity index (χ2n) is 4.83. The van der Waals surface area contributed by atoms with Gasteiger partial charge in [-0.2, -0.15) is 0 Å². The van der Waals surface area contributed by atoms with Gasteiger partial charge in [0.05, 0.1) is 12.5 Å². The van der Waals surface area contributed by atoms with Crippen LogP contribution in [-0.4, -0.2) is 16.7 Å². The van der Waals surface area contributed by atoms with E-state index in [0.717, 1.165) is 19.4 Å². The lowest BCUT2D eigenvalue weighted by atomic mass is 10.1. The molecule has 1 aromatic carbocycles. The van der Waals surface area contributed by atoms with Crippen LogP contribution in [0.1, 0.15) is 50.1 Å². The van der Waals surface area contributed by atoms with Crippen LogP contribution in [0.3, 0.4) is 0 Å². The minimum Gasteiger partial charge on any atom is -0.423 e.